The fourth-order valence-electron chi connectivity index (χ4n) is 2.52. The number of fused-ring (bicyclic) bond motifs is 2. The third-order valence-electron chi connectivity index (χ3n) is 3.58. The van der Waals surface area contributed by atoms with Crippen molar-refractivity contribution in [2.24, 2.45) is 0 Å². The highest BCUT2D eigenvalue weighted by molar-refractivity contribution is 6.00. The fourth-order valence-corrected chi connectivity index (χ4v) is 2.52. The summed E-state index contributed by atoms with van der Waals surface area (Å²) in [7, 11) is 0. The Kier molecular flexibility index (Phi) is 3.31. The number of nitrogens with zero attached hydrogens (tertiary/aromatic N) is 4. The average molecular weight is 345 g/mol. The number of hydrogen-bond donors (Lipinski definition) is 2. The summed E-state index contributed by atoms with van der Waals surface area (Å²) in [5.41, 5.74) is 1.12. The van der Waals surface area contributed by atoms with E-state index >= 15 is 0 Å². The molecule has 0 saturated heterocycles. The van der Waals surface area contributed by atoms with Gasteiger partial charge >= 0.3 is 12.6 Å². The van der Waals surface area contributed by atoms with E-state index in [1.807, 2.05) is 0 Å². The molecule has 0 spiro atoms. The standard InChI is InChI=1S/C15H9F2N5O3/c16-15(17)25-8-1-2-10-7(3-8)4-20-22(10)11-6-19-13-12(21-11)9(5-18-13)14(23)24/h1-6,15H,(H,18,19)(H,23,24). The van der Waals surface area contributed by atoms with E-state index in [1.165, 1.54) is 35.4 Å². The van der Waals surface area contributed by atoms with Crippen molar-refractivity contribution in [1.82, 2.24) is 24.7 Å². The van der Waals surface area contributed by atoms with E-state index < -0.39 is 12.6 Å². The van der Waals surface area contributed by atoms with E-state index in [-0.39, 0.29) is 16.8 Å². The summed E-state index contributed by atoms with van der Waals surface area (Å²) in [4.78, 5) is 22.4. The molecule has 0 aliphatic carbocycles. The van der Waals surface area contributed by atoms with E-state index in [4.69, 9.17) is 0 Å². The molecule has 0 aliphatic heterocycles. The third kappa shape index (κ3) is 2.53. The number of aromatic amines is 1. The van der Waals surface area contributed by atoms with Crippen LogP contribution in [0.3, 0.4) is 0 Å². The lowest BCUT2D eigenvalue weighted by Gasteiger charge is -2.05. The molecular weight excluding hydrogens is 336 g/mol. The van der Waals surface area contributed by atoms with Crippen molar-refractivity contribution in [2.45, 2.75) is 6.61 Å². The Balaban J connectivity index is 1.82. The van der Waals surface area contributed by atoms with E-state index in [1.54, 1.807) is 6.07 Å². The van der Waals surface area contributed by atoms with Crippen LogP contribution in [0.2, 0.25) is 0 Å². The number of carbonyl (C=O) groups is 1. The van der Waals surface area contributed by atoms with Crippen molar-refractivity contribution in [2.75, 3.05) is 0 Å². The maximum Gasteiger partial charge on any atom is 0.387 e. The van der Waals surface area contributed by atoms with Gasteiger partial charge in [0, 0.05) is 11.6 Å². The molecule has 0 unspecified atom stereocenters. The molecule has 0 bridgehead atoms. The molecule has 126 valence electrons. The van der Waals surface area contributed by atoms with Crippen LogP contribution in [0, 0.1) is 0 Å². The number of aromatic carboxylic acids is 1. The highest BCUT2D eigenvalue weighted by Gasteiger charge is 2.15. The molecule has 0 saturated carbocycles. The Morgan fingerprint density at radius 2 is 2.16 bits per heavy atom. The van der Waals surface area contributed by atoms with Crippen LogP contribution in [0.25, 0.3) is 27.9 Å². The number of rotatable bonds is 4. The number of ether oxygens (including phenoxy) is 1. The van der Waals surface area contributed by atoms with Crippen LogP contribution in [-0.2, 0) is 0 Å². The zero-order chi connectivity index (χ0) is 17.6. The number of carboxylic acids is 1. The van der Waals surface area contributed by atoms with Gasteiger partial charge in [0.05, 0.1) is 17.9 Å². The summed E-state index contributed by atoms with van der Waals surface area (Å²) in [5.74, 6) is -0.814. The van der Waals surface area contributed by atoms with Crippen molar-refractivity contribution in [3.63, 3.8) is 0 Å². The van der Waals surface area contributed by atoms with Gasteiger partial charge in [0.2, 0.25) is 0 Å². The molecule has 0 atom stereocenters. The number of hydrogen-bond acceptors (Lipinski definition) is 5. The van der Waals surface area contributed by atoms with E-state index in [2.05, 4.69) is 24.8 Å². The SMILES string of the molecule is O=C(O)c1c[nH]c2ncc(-n3ncc4cc(OC(F)F)ccc43)nc12. The maximum atomic E-state index is 12.3. The first-order valence-electron chi connectivity index (χ1n) is 7.03. The molecule has 10 heteroatoms. The summed E-state index contributed by atoms with van der Waals surface area (Å²) in [5, 5.41) is 13.9. The number of nitrogens with one attached hydrogen (secondary N) is 1. The molecule has 4 aromatic rings. The molecule has 0 fully saturated rings. The minimum absolute atomic E-state index is 0.00608. The van der Waals surface area contributed by atoms with Crippen molar-refractivity contribution < 1.29 is 23.4 Å². The van der Waals surface area contributed by atoms with Gasteiger partial charge in [0.25, 0.3) is 0 Å². The van der Waals surface area contributed by atoms with Crippen LogP contribution in [0.5, 0.6) is 5.75 Å². The van der Waals surface area contributed by atoms with E-state index in [0.717, 1.165) is 0 Å². The molecule has 0 radical (unpaired) electrons. The third-order valence-corrected chi connectivity index (χ3v) is 3.58. The molecule has 3 aromatic heterocycles. The zero-order valence-electron chi connectivity index (χ0n) is 12.3. The zero-order valence-corrected chi connectivity index (χ0v) is 12.3. The Morgan fingerprint density at radius 3 is 2.92 bits per heavy atom. The first-order valence-corrected chi connectivity index (χ1v) is 7.03. The highest BCUT2D eigenvalue weighted by atomic mass is 19.3. The quantitative estimate of drug-likeness (QED) is 0.589. The van der Waals surface area contributed by atoms with Gasteiger partial charge in [-0.2, -0.15) is 13.9 Å². The smallest absolute Gasteiger partial charge is 0.387 e. The second-order valence-electron chi connectivity index (χ2n) is 5.09. The number of halogens is 2. The molecule has 25 heavy (non-hydrogen) atoms. The number of aromatic nitrogens is 5. The van der Waals surface area contributed by atoms with Gasteiger partial charge in [-0.1, -0.05) is 0 Å². The second kappa shape index (κ2) is 5.51. The first kappa shape index (κ1) is 15.0. The molecule has 2 N–H and O–H groups in total. The van der Waals surface area contributed by atoms with Crippen LogP contribution in [0.15, 0.2) is 36.8 Å². The summed E-state index contributed by atoms with van der Waals surface area (Å²) >= 11 is 0. The van der Waals surface area contributed by atoms with E-state index in [9.17, 15) is 18.7 Å². The highest BCUT2D eigenvalue weighted by Crippen LogP contribution is 2.24. The number of benzene rings is 1. The second-order valence-corrected chi connectivity index (χ2v) is 5.09. The average Bonchev–Trinajstić information content (AvgIpc) is 3.16. The summed E-state index contributed by atoms with van der Waals surface area (Å²) in [6, 6.07) is 4.37. The Labute approximate surface area is 137 Å². The lowest BCUT2D eigenvalue weighted by molar-refractivity contribution is -0.0497. The van der Waals surface area contributed by atoms with Crippen LogP contribution in [0.1, 0.15) is 10.4 Å². The minimum Gasteiger partial charge on any atom is -0.478 e. The van der Waals surface area contributed by atoms with Gasteiger partial charge in [0.15, 0.2) is 11.5 Å². The van der Waals surface area contributed by atoms with Gasteiger partial charge in [-0.3, -0.25) is 0 Å². The molecule has 8 nitrogen and oxygen atoms in total. The number of carboxylic acid groups (broad SMARTS) is 1. The van der Waals surface area contributed by atoms with Crippen LogP contribution >= 0.6 is 0 Å². The summed E-state index contributed by atoms with van der Waals surface area (Å²) < 4.78 is 30.4. The predicted octanol–water partition coefficient (Wildman–Crippen LogP) is 2.60. The van der Waals surface area contributed by atoms with Gasteiger partial charge in [-0.15, -0.1) is 0 Å². The largest absolute Gasteiger partial charge is 0.478 e. The molecular formula is C15H9F2N5O3. The van der Waals surface area contributed by atoms with Gasteiger partial charge < -0.3 is 14.8 Å². The van der Waals surface area contributed by atoms with Gasteiger partial charge in [-0.05, 0) is 18.2 Å². The number of H-pyrrole nitrogens is 1. The Bertz CT molecular complexity index is 1110. The summed E-state index contributed by atoms with van der Waals surface area (Å²) in [6.45, 7) is -2.91. The van der Waals surface area contributed by atoms with Gasteiger partial charge in [0.1, 0.15) is 16.8 Å². The lowest BCUT2D eigenvalue weighted by Crippen LogP contribution is -2.03. The monoisotopic (exact) mass is 345 g/mol. The Morgan fingerprint density at radius 1 is 1.32 bits per heavy atom. The maximum absolute atomic E-state index is 12.3. The molecule has 1 aromatic carbocycles. The molecule has 3 heterocycles. The van der Waals surface area contributed by atoms with Crippen molar-refractivity contribution in [1.29, 1.82) is 0 Å². The van der Waals surface area contributed by atoms with Crippen LogP contribution in [-0.4, -0.2) is 42.4 Å². The number of alkyl halides is 2. The van der Waals surface area contributed by atoms with E-state index in [0.29, 0.717) is 22.4 Å². The molecule has 4 rings (SSSR count). The topological polar surface area (TPSA) is 106 Å². The molecule has 0 amide bonds. The minimum atomic E-state index is -2.91. The van der Waals surface area contributed by atoms with Crippen LogP contribution < -0.4 is 4.74 Å². The summed E-state index contributed by atoms with van der Waals surface area (Å²) in [6.07, 6.45) is 4.21. The predicted molar refractivity (Wildman–Crippen MR) is 82.1 cm³/mol. The Hall–Kier alpha value is -3.56. The van der Waals surface area contributed by atoms with Crippen LogP contribution in [0.4, 0.5) is 8.78 Å². The normalized spacial score (nSPS) is 11.5. The lowest BCUT2D eigenvalue weighted by atomic mass is 10.2. The first-order chi connectivity index (χ1) is 12.0. The van der Waals surface area contributed by atoms with Gasteiger partial charge in [-0.25, -0.2) is 19.4 Å². The van der Waals surface area contributed by atoms with Crippen molar-refractivity contribution in [3.05, 3.63) is 42.4 Å². The van der Waals surface area contributed by atoms with Crippen molar-refractivity contribution >= 4 is 28.0 Å². The fraction of sp³-hybridized carbons (Fsp3) is 0.0667. The van der Waals surface area contributed by atoms with Crippen molar-refractivity contribution in [3.8, 4) is 11.6 Å². The molecule has 0 aliphatic rings.